The number of rotatable bonds is 3. The molecule has 0 aliphatic heterocycles. The first-order valence-corrected chi connectivity index (χ1v) is 5.74. The number of aromatic nitrogens is 1. The quantitative estimate of drug-likeness (QED) is 0.893. The van der Waals surface area contributed by atoms with E-state index in [-0.39, 0.29) is 0 Å². The molecular weight excluding hydrogens is 224 g/mol. The lowest BCUT2D eigenvalue weighted by atomic mass is 10.2. The number of hydrogen-bond acceptors (Lipinski definition) is 3. The van der Waals surface area contributed by atoms with Crippen LogP contribution >= 0.6 is 0 Å². The second-order valence-electron chi connectivity index (χ2n) is 4.39. The molecular formula is C14H16N4. The lowest BCUT2D eigenvalue weighted by Crippen LogP contribution is -2.17. The first-order valence-electron chi connectivity index (χ1n) is 5.74. The van der Waals surface area contributed by atoms with Gasteiger partial charge in [-0.25, -0.2) is 0 Å². The monoisotopic (exact) mass is 240 g/mol. The van der Waals surface area contributed by atoms with Crippen LogP contribution in [0, 0.1) is 11.3 Å². The van der Waals surface area contributed by atoms with E-state index in [9.17, 15) is 5.26 Å². The van der Waals surface area contributed by atoms with Crippen molar-refractivity contribution in [3.63, 3.8) is 0 Å². The molecule has 1 aromatic carbocycles. The van der Waals surface area contributed by atoms with Crippen molar-refractivity contribution in [3.8, 4) is 6.07 Å². The minimum atomic E-state index is 0.583. The Morgan fingerprint density at radius 1 is 1.28 bits per heavy atom. The summed E-state index contributed by atoms with van der Waals surface area (Å²) < 4.78 is 1.94. The zero-order valence-electron chi connectivity index (χ0n) is 10.6. The van der Waals surface area contributed by atoms with Gasteiger partial charge in [0.25, 0.3) is 0 Å². The molecule has 2 rings (SSSR count). The van der Waals surface area contributed by atoms with Crippen molar-refractivity contribution in [2.45, 2.75) is 6.54 Å². The van der Waals surface area contributed by atoms with E-state index in [0.29, 0.717) is 17.9 Å². The van der Waals surface area contributed by atoms with Gasteiger partial charge in [-0.15, -0.1) is 0 Å². The summed E-state index contributed by atoms with van der Waals surface area (Å²) in [5.41, 5.74) is 8.32. The molecule has 1 heterocycles. The summed E-state index contributed by atoms with van der Waals surface area (Å²) >= 11 is 0. The van der Waals surface area contributed by atoms with Crippen molar-refractivity contribution in [1.29, 1.82) is 5.26 Å². The largest absolute Gasteiger partial charge is 0.396 e. The van der Waals surface area contributed by atoms with Crippen LogP contribution in [0.25, 0.3) is 0 Å². The maximum absolute atomic E-state index is 9.17. The molecule has 92 valence electrons. The van der Waals surface area contributed by atoms with Gasteiger partial charge in [0.1, 0.15) is 17.6 Å². The van der Waals surface area contributed by atoms with Gasteiger partial charge in [0.05, 0.1) is 12.2 Å². The molecule has 4 nitrogen and oxygen atoms in total. The molecule has 0 unspecified atom stereocenters. The lowest BCUT2D eigenvalue weighted by Gasteiger charge is -2.18. The molecule has 2 aromatic rings. The zero-order valence-corrected chi connectivity index (χ0v) is 10.6. The highest BCUT2D eigenvalue weighted by atomic mass is 15.2. The number of nitrogens with zero attached hydrogens (tertiary/aromatic N) is 3. The molecule has 0 bridgehead atoms. The second-order valence-corrected chi connectivity index (χ2v) is 4.39. The van der Waals surface area contributed by atoms with Gasteiger partial charge in [0.15, 0.2) is 0 Å². The standard InChI is InChI=1S/C14H16N4/c1-17(2)14-13(16)8-12(9-15)18(14)10-11-6-4-3-5-7-11/h3-8H,10,16H2,1-2H3. The average molecular weight is 240 g/mol. The van der Waals surface area contributed by atoms with Gasteiger partial charge in [-0.05, 0) is 11.6 Å². The Morgan fingerprint density at radius 3 is 2.50 bits per heavy atom. The van der Waals surface area contributed by atoms with E-state index < -0.39 is 0 Å². The van der Waals surface area contributed by atoms with E-state index in [1.165, 1.54) is 0 Å². The van der Waals surface area contributed by atoms with E-state index in [2.05, 4.69) is 6.07 Å². The molecule has 0 aliphatic carbocycles. The number of hydrogen-bond donors (Lipinski definition) is 1. The molecule has 2 N–H and O–H groups in total. The third kappa shape index (κ3) is 2.16. The highest BCUT2D eigenvalue weighted by Crippen LogP contribution is 2.27. The smallest absolute Gasteiger partial charge is 0.133 e. The summed E-state index contributed by atoms with van der Waals surface area (Å²) in [5, 5.41) is 9.17. The van der Waals surface area contributed by atoms with Crippen molar-refractivity contribution in [3.05, 3.63) is 47.7 Å². The molecule has 0 saturated carbocycles. The van der Waals surface area contributed by atoms with E-state index in [4.69, 9.17) is 5.73 Å². The van der Waals surface area contributed by atoms with Crippen LogP contribution < -0.4 is 10.6 Å². The fraction of sp³-hybridized carbons (Fsp3) is 0.214. The number of nitriles is 1. The fourth-order valence-corrected chi connectivity index (χ4v) is 2.08. The van der Waals surface area contributed by atoms with E-state index in [1.807, 2.05) is 53.9 Å². The minimum Gasteiger partial charge on any atom is -0.396 e. The van der Waals surface area contributed by atoms with Crippen LogP contribution in [0.1, 0.15) is 11.3 Å². The lowest BCUT2D eigenvalue weighted by molar-refractivity contribution is 0.779. The number of nitrogen functional groups attached to an aromatic ring is 1. The van der Waals surface area contributed by atoms with Crippen LogP contribution in [0.15, 0.2) is 36.4 Å². The zero-order chi connectivity index (χ0) is 13.1. The topological polar surface area (TPSA) is 58.0 Å². The Kier molecular flexibility index (Phi) is 3.24. The average Bonchev–Trinajstić information content (AvgIpc) is 2.67. The van der Waals surface area contributed by atoms with Crippen molar-refractivity contribution in [2.24, 2.45) is 0 Å². The number of nitrogens with two attached hydrogens (primary N) is 1. The molecule has 0 aliphatic rings. The Labute approximate surface area is 107 Å². The summed E-state index contributed by atoms with van der Waals surface area (Å²) in [4.78, 5) is 1.93. The molecule has 0 amide bonds. The SMILES string of the molecule is CN(C)c1c(N)cc(C#N)n1Cc1ccccc1. The maximum atomic E-state index is 9.17. The van der Waals surface area contributed by atoms with Crippen LogP contribution in [0.3, 0.4) is 0 Å². The fourth-order valence-electron chi connectivity index (χ4n) is 2.08. The summed E-state index contributed by atoms with van der Waals surface area (Å²) in [6.07, 6.45) is 0. The summed E-state index contributed by atoms with van der Waals surface area (Å²) in [7, 11) is 3.85. The van der Waals surface area contributed by atoms with Gasteiger partial charge < -0.3 is 15.2 Å². The molecule has 4 heteroatoms. The molecule has 0 atom stereocenters. The summed E-state index contributed by atoms with van der Waals surface area (Å²) in [5.74, 6) is 0.871. The first-order chi connectivity index (χ1) is 8.63. The highest BCUT2D eigenvalue weighted by molar-refractivity contribution is 5.67. The van der Waals surface area contributed by atoms with Crippen LogP contribution in [-0.4, -0.2) is 18.7 Å². The third-order valence-electron chi connectivity index (χ3n) is 2.82. The maximum Gasteiger partial charge on any atom is 0.133 e. The van der Waals surface area contributed by atoms with Gasteiger partial charge >= 0.3 is 0 Å². The normalized spacial score (nSPS) is 10.1. The molecule has 0 saturated heterocycles. The van der Waals surface area contributed by atoms with Gasteiger partial charge in [-0.2, -0.15) is 5.26 Å². The van der Waals surface area contributed by atoms with Crippen LogP contribution in [0.2, 0.25) is 0 Å². The Bertz CT molecular complexity index is 576. The molecule has 0 fully saturated rings. The highest BCUT2D eigenvalue weighted by Gasteiger charge is 2.14. The van der Waals surface area contributed by atoms with Crippen molar-refractivity contribution in [1.82, 2.24) is 4.57 Å². The van der Waals surface area contributed by atoms with Gasteiger partial charge in [0, 0.05) is 14.1 Å². The van der Waals surface area contributed by atoms with Crippen LogP contribution in [0.4, 0.5) is 11.5 Å². The Morgan fingerprint density at radius 2 is 1.94 bits per heavy atom. The number of anilines is 2. The molecule has 18 heavy (non-hydrogen) atoms. The van der Waals surface area contributed by atoms with Crippen molar-refractivity contribution >= 4 is 11.5 Å². The van der Waals surface area contributed by atoms with E-state index in [1.54, 1.807) is 6.07 Å². The van der Waals surface area contributed by atoms with Gasteiger partial charge in [-0.1, -0.05) is 30.3 Å². The Balaban J connectivity index is 2.46. The first kappa shape index (κ1) is 12.1. The molecule has 1 aromatic heterocycles. The van der Waals surface area contributed by atoms with E-state index in [0.717, 1.165) is 11.4 Å². The van der Waals surface area contributed by atoms with Gasteiger partial charge in [-0.3, -0.25) is 0 Å². The number of benzene rings is 1. The minimum absolute atomic E-state index is 0.583. The molecule has 0 spiro atoms. The van der Waals surface area contributed by atoms with Crippen molar-refractivity contribution < 1.29 is 0 Å². The summed E-state index contributed by atoms with van der Waals surface area (Å²) in [6, 6.07) is 13.9. The molecule has 0 radical (unpaired) electrons. The van der Waals surface area contributed by atoms with E-state index >= 15 is 0 Å². The van der Waals surface area contributed by atoms with Crippen LogP contribution in [-0.2, 0) is 6.54 Å². The second kappa shape index (κ2) is 4.84. The summed E-state index contributed by atoms with van der Waals surface area (Å²) in [6.45, 7) is 0.647. The third-order valence-corrected chi connectivity index (χ3v) is 2.82. The predicted molar refractivity (Wildman–Crippen MR) is 73.4 cm³/mol. The van der Waals surface area contributed by atoms with Gasteiger partial charge in [0.2, 0.25) is 0 Å². The van der Waals surface area contributed by atoms with Crippen LogP contribution in [0.5, 0.6) is 0 Å². The van der Waals surface area contributed by atoms with Crippen molar-refractivity contribution in [2.75, 3.05) is 24.7 Å². The predicted octanol–water partition coefficient (Wildman–Crippen LogP) is 2.06. The Hall–Kier alpha value is -2.41.